The number of halogens is 2. The Bertz CT molecular complexity index is 410. The number of nitrogens with one attached hydrogen (secondary N) is 1. The van der Waals surface area contributed by atoms with Crippen molar-refractivity contribution in [1.29, 1.82) is 0 Å². The number of hydrogen-bond acceptors (Lipinski definition) is 2. The van der Waals surface area contributed by atoms with Crippen LogP contribution in [-0.2, 0) is 0 Å². The second-order valence-corrected chi connectivity index (χ2v) is 4.40. The molecule has 0 heterocycles. The molecule has 1 amide bonds. The highest BCUT2D eigenvalue weighted by molar-refractivity contribution is 5.94. The maximum atomic E-state index is 13.3. The van der Waals surface area contributed by atoms with Crippen molar-refractivity contribution < 1.29 is 13.6 Å². The van der Waals surface area contributed by atoms with Gasteiger partial charge in [0.15, 0.2) is 0 Å². The molecule has 1 fully saturated rings. The van der Waals surface area contributed by atoms with E-state index < -0.39 is 23.1 Å². The molecule has 3 nitrogen and oxygen atoms in total. The third-order valence-electron chi connectivity index (χ3n) is 3.01. The normalized spacial score (nSPS) is 23.0. The third-order valence-corrected chi connectivity index (χ3v) is 3.01. The Morgan fingerprint density at radius 3 is 2.47 bits per heavy atom. The van der Waals surface area contributed by atoms with Gasteiger partial charge in [-0.15, -0.1) is 0 Å². The fourth-order valence-corrected chi connectivity index (χ4v) is 1.99. The number of nitrogens with two attached hydrogens (primary N) is 1. The van der Waals surface area contributed by atoms with Gasteiger partial charge in [0, 0.05) is 12.6 Å². The Balaban J connectivity index is 1.95. The first-order valence-corrected chi connectivity index (χ1v) is 5.55. The van der Waals surface area contributed by atoms with Crippen LogP contribution in [0, 0.1) is 17.6 Å². The van der Waals surface area contributed by atoms with E-state index in [1.54, 1.807) is 0 Å². The van der Waals surface area contributed by atoms with Gasteiger partial charge in [-0.05, 0) is 30.9 Å². The molecule has 1 aliphatic carbocycles. The first-order valence-electron chi connectivity index (χ1n) is 5.55. The smallest absolute Gasteiger partial charge is 0.257 e. The van der Waals surface area contributed by atoms with Gasteiger partial charge in [-0.3, -0.25) is 4.79 Å². The summed E-state index contributed by atoms with van der Waals surface area (Å²) in [5, 5.41) is 2.53. The summed E-state index contributed by atoms with van der Waals surface area (Å²) in [6, 6.07) is 3.56. The average Bonchev–Trinajstić information content (AvgIpc) is 2.22. The summed E-state index contributed by atoms with van der Waals surface area (Å²) in [6.07, 6.45) is 1.69. The number of carbonyl (C=O) groups is 1. The van der Waals surface area contributed by atoms with Crippen molar-refractivity contribution in [2.75, 3.05) is 6.54 Å². The van der Waals surface area contributed by atoms with E-state index in [1.165, 1.54) is 6.07 Å². The van der Waals surface area contributed by atoms with Gasteiger partial charge in [0.05, 0.1) is 0 Å². The van der Waals surface area contributed by atoms with Crippen LogP contribution in [0.5, 0.6) is 0 Å². The zero-order valence-corrected chi connectivity index (χ0v) is 9.25. The van der Waals surface area contributed by atoms with Crippen LogP contribution >= 0.6 is 0 Å². The summed E-state index contributed by atoms with van der Waals surface area (Å²) in [7, 11) is 0. The highest BCUT2D eigenvalue weighted by atomic mass is 19.1. The Morgan fingerprint density at radius 2 is 1.94 bits per heavy atom. The lowest BCUT2D eigenvalue weighted by molar-refractivity contribution is 0.0927. The number of carbonyl (C=O) groups excluding carboxylic acids is 1. The van der Waals surface area contributed by atoms with Crippen molar-refractivity contribution in [3.8, 4) is 0 Å². The summed E-state index contributed by atoms with van der Waals surface area (Å²) < 4.78 is 26.5. The standard InChI is InChI=1S/C12H14F2N2O/c13-9-2-1-3-10(14)11(9)12(17)16-6-7-4-8(15)5-7/h1-3,7-8H,4-6,15H2,(H,16,17). The van der Waals surface area contributed by atoms with Crippen LogP contribution in [0.25, 0.3) is 0 Å². The molecule has 17 heavy (non-hydrogen) atoms. The molecule has 5 heteroatoms. The lowest BCUT2D eigenvalue weighted by Crippen LogP contribution is -2.42. The highest BCUT2D eigenvalue weighted by Gasteiger charge is 2.26. The number of benzene rings is 1. The third kappa shape index (κ3) is 2.61. The molecule has 0 atom stereocenters. The monoisotopic (exact) mass is 240 g/mol. The van der Waals surface area contributed by atoms with E-state index in [1.807, 2.05) is 0 Å². The van der Waals surface area contributed by atoms with Gasteiger partial charge in [-0.2, -0.15) is 0 Å². The summed E-state index contributed by atoms with van der Waals surface area (Å²) in [5.74, 6) is -2.06. The van der Waals surface area contributed by atoms with E-state index in [4.69, 9.17) is 5.73 Å². The zero-order valence-electron chi connectivity index (χ0n) is 9.25. The Labute approximate surface area is 98.0 Å². The molecular formula is C12H14F2N2O. The van der Waals surface area contributed by atoms with Gasteiger partial charge in [0.25, 0.3) is 5.91 Å². The van der Waals surface area contributed by atoms with Crippen LogP contribution in [0.15, 0.2) is 18.2 Å². The van der Waals surface area contributed by atoms with Crippen molar-refractivity contribution in [3.05, 3.63) is 35.4 Å². The minimum Gasteiger partial charge on any atom is -0.352 e. The molecule has 1 saturated carbocycles. The Kier molecular flexibility index (Phi) is 3.38. The van der Waals surface area contributed by atoms with Crippen molar-refractivity contribution >= 4 is 5.91 Å². The summed E-state index contributed by atoms with van der Waals surface area (Å²) in [4.78, 5) is 11.6. The van der Waals surface area contributed by atoms with Gasteiger partial charge < -0.3 is 11.1 Å². The van der Waals surface area contributed by atoms with Crippen LogP contribution in [0.1, 0.15) is 23.2 Å². The van der Waals surface area contributed by atoms with Gasteiger partial charge in [-0.25, -0.2) is 8.78 Å². The molecule has 0 aliphatic heterocycles. The Morgan fingerprint density at radius 1 is 1.35 bits per heavy atom. The van der Waals surface area contributed by atoms with Gasteiger partial charge >= 0.3 is 0 Å². The van der Waals surface area contributed by atoms with Gasteiger partial charge in [0.1, 0.15) is 17.2 Å². The molecule has 3 N–H and O–H groups in total. The predicted molar refractivity (Wildman–Crippen MR) is 59.4 cm³/mol. The Hall–Kier alpha value is -1.49. The molecule has 0 aromatic heterocycles. The number of hydrogen-bond donors (Lipinski definition) is 2. The van der Waals surface area contributed by atoms with Gasteiger partial charge in [0.2, 0.25) is 0 Å². The summed E-state index contributed by atoms with van der Waals surface area (Å²) in [6.45, 7) is 0.417. The van der Waals surface area contributed by atoms with Crippen LogP contribution in [-0.4, -0.2) is 18.5 Å². The first kappa shape index (κ1) is 12.0. The highest BCUT2D eigenvalue weighted by Crippen LogP contribution is 2.24. The molecule has 1 aromatic rings. The van der Waals surface area contributed by atoms with Crippen molar-refractivity contribution in [2.24, 2.45) is 11.7 Å². The summed E-state index contributed by atoms with van der Waals surface area (Å²) >= 11 is 0. The van der Waals surface area contributed by atoms with E-state index in [9.17, 15) is 13.6 Å². The maximum Gasteiger partial charge on any atom is 0.257 e. The van der Waals surface area contributed by atoms with Crippen LogP contribution in [0.4, 0.5) is 8.78 Å². The largest absolute Gasteiger partial charge is 0.352 e. The fourth-order valence-electron chi connectivity index (χ4n) is 1.99. The summed E-state index contributed by atoms with van der Waals surface area (Å²) in [5.41, 5.74) is 5.08. The predicted octanol–water partition coefficient (Wildman–Crippen LogP) is 1.43. The molecule has 0 radical (unpaired) electrons. The quantitative estimate of drug-likeness (QED) is 0.839. The van der Waals surface area contributed by atoms with Crippen LogP contribution in [0.3, 0.4) is 0 Å². The van der Waals surface area contributed by atoms with E-state index in [2.05, 4.69) is 5.32 Å². The minimum atomic E-state index is -0.840. The van der Waals surface area contributed by atoms with Crippen molar-refractivity contribution in [1.82, 2.24) is 5.32 Å². The lowest BCUT2D eigenvalue weighted by Gasteiger charge is -2.32. The van der Waals surface area contributed by atoms with Gasteiger partial charge in [-0.1, -0.05) is 6.07 Å². The average molecular weight is 240 g/mol. The zero-order chi connectivity index (χ0) is 12.4. The molecule has 1 aliphatic rings. The second-order valence-electron chi connectivity index (χ2n) is 4.40. The van der Waals surface area contributed by atoms with E-state index in [-0.39, 0.29) is 6.04 Å². The van der Waals surface area contributed by atoms with Crippen LogP contribution in [0.2, 0.25) is 0 Å². The fraction of sp³-hybridized carbons (Fsp3) is 0.417. The maximum absolute atomic E-state index is 13.3. The minimum absolute atomic E-state index is 0.196. The number of amides is 1. The molecule has 2 rings (SSSR count). The molecular weight excluding hydrogens is 226 g/mol. The molecule has 92 valence electrons. The second kappa shape index (κ2) is 4.79. The topological polar surface area (TPSA) is 55.1 Å². The number of rotatable bonds is 3. The van der Waals surface area contributed by atoms with E-state index >= 15 is 0 Å². The molecule has 0 unspecified atom stereocenters. The van der Waals surface area contributed by atoms with Crippen molar-refractivity contribution in [2.45, 2.75) is 18.9 Å². The van der Waals surface area contributed by atoms with Crippen molar-refractivity contribution in [3.63, 3.8) is 0 Å². The molecule has 0 saturated heterocycles. The lowest BCUT2D eigenvalue weighted by atomic mass is 9.81. The van der Waals surface area contributed by atoms with E-state index in [0.29, 0.717) is 12.5 Å². The molecule has 0 bridgehead atoms. The van der Waals surface area contributed by atoms with E-state index in [0.717, 1.165) is 25.0 Å². The molecule has 1 aromatic carbocycles. The first-order chi connectivity index (χ1) is 8.08. The van der Waals surface area contributed by atoms with Crippen LogP contribution < -0.4 is 11.1 Å². The SMILES string of the molecule is NC1CC(CNC(=O)c2c(F)cccc2F)C1. The molecule has 0 spiro atoms.